The molecule has 4 aliphatic rings. The lowest BCUT2D eigenvalue weighted by Crippen LogP contribution is -2.51. The van der Waals surface area contributed by atoms with Crippen LogP contribution < -0.4 is 20.7 Å². The number of alkyl halides is 1. The van der Waals surface area contributed by atoms with Gasteiger partial charge in [-0.15, -0.1) is 0 Å². The highest BCUT2D eigenvalue weighted by Crippen LogP contribution is 2.43. The number of aromatic nitrogens is 2. The second-order valence-corrected chi connectivity index (χ2v) is 13.2. The standard InChI is InChI=1S/C34H38F2N6O2/c1-2-24-28(36)7-4-19-10-23(43)11-26(31(19)24)25-13-30-27(12-29(25)37)32(41-16-21-5-6-22(17-41)38-21)40-33(39-30)44-18-34-8-3-9-42(34)15-20(35)14-34/h4,7,10-13,20-22,38,43H,2-3,5-6,8-9,14-18,37H2,1H3/t20-,21-,22+,34+/m1/s1. The van der Waals surface area contributed by atoms with E-state index in [0.29, 0.717) is 66.0 Å². The maximum Gasteiger partial charge on any atom is 0.319 e. The van der Waals surface area contributed by atoms with Crippen LogP contribution in [0.2, 0.25) is 0 Å². The fraction of sp³-hybridized carbons (Fsp3) is 0.471. The average Bonchev–Trinajstić information content (AvgIpc) is 3.65. The van der Waals surface area contributed by atoms with E-state index in [4.69, 9.17) is 20.4 Å². The molecular formula is C34H38F2N6O2. The van der Waals surface area contributed by atoms with Gasteiger partial charge in [-0.05, 0) is 90.9 Å². The first-order chi connectivity index (χ1) is 21.3. The summed E-state index contributed by atoms with van der Waals surface area (Å²) >= 11 is 0. The molecule has 0 amide bonds. The molecule has 230 valence electrons. The fourth-order valence-electron chi connectivity index (χ4n) is 8.37. The molecule has 0 aliphatic carbocycles. The molecule has 0 saturated carbocycles. The third-order valence-corrected chi connectivity index (χ3v) is 10.4. The number of fused-ring (bicyclic) bond motifs is 5. The summed E-state index contributed by atoms with van der Waals surface area (Å²) in [5.41, 5.74) is 9.48. The van der Waals surface area contributed by atoms with Gasteiger partial charge in [-0.2, -0.15) is 9.97 Å². The van der Waals surface area contributed by atoms with E-state index in [0.717, 1.165) is 67.3 Å². The van der Waals surface area contributed by atoms with Gasteiger partial charge in [0.1, 0.15) is 30.2 Å². The molecule has 44 heavy (non-hydrogen) atoms. The fourth-order valence-corrected chi connectivity index (χ4v) is 8.37. The topological polar surface area (TPSA) is 99.8 Å². The van der Waals surface area contributed by atoms with E-state index >= 15 is 4.39 Å². The molecule has 4 atom stereocenters. The van der Waals surface area contributed by atoms with Crippen LogP contribution in [0.1, 0.15) is 44.6 Å². The number of nitrogens with one attached hydrogen (secondary N) is 1. The monoisotopic (exact) mass is 600 g/mol. The van der Waals surface area contributed by atoms with E-state index in [9.17, 15) is 9.50 Å². The quantitative estimate of drug-likeness (QED) is 0.255. The molecule has 3 aromatic carbocycles. The lowest BCUT2D eigenvalue weighted by atomic mass is 9.91. The summed E-state index contributed by atoms with van der Waals surface area (Å²) < 4.78 is 35.9. The molecule has 5 heterocycles. The molecule has 8 rings (SSSR count). The number of halogens is 2. The molecule has 4 fully saturated rings. The molecule has 0 spiro atoms. The van der Waals surface area contributed by atoms with E-state index in [1.165, 1.54) is 6.07 Å². The van der Waals surface area contributed by atoms with E-state index in [-0.39, 0.29) is 23.1 Å². The van der Waals surface area contributed by atoms with Crippen molar-refractivity contribution in [3.05, 3.63) is 47.8 Å². The molecule has 0 radical (unpaired) electrons. The van der Waals surface area contributed by atoms with Gasteiger partial charge < -0.3 is 25.8 Å². The van der Waals surface area contributed by atoms with Crippen LogP contribution in [0.4, 0.5) is 20.3 Å². The molecular weight excluding hydrogens is 562 g/mol. The van der Waals surface area contributed by atoms with Gasteiger partial charge in [-0.25, -0.2) is 8.78 Å². The summed E-state index contributed by atoms with van der Waals surface area (Å²) in [6, 6.07) is 11.3. The largest absolute Gasteiger partial charge is 0.508 e. The third-order valence-electron chi connectivity index (χ3n) is 10.4. The van der Waals surface area contributed by atoms with Gasteiger partial charge >= 0.3 is 6.01 Å². The molecule has 0 unspecified atom stereocenters. The van der Waals surface area contributed by atoms with Crippen LogP contribution in [0, 0.1) is 5.82 Å². The van der Waals surface area contributed by atoms with Crippen molar-refractivity contribution in [1.82, 2.24) is 20.2 Å². The molecule has 2 bridgehead atoms. The van der Waals surface area contributed by atoms with Crippen LogP contribution in [-0.4, -0.2) is 76.6 Å². The number of aromatic hydroxyl groups is 1. The Kier molecular flexibility index (Phi) is 6.57. The van der Waals surface area contributed by atoms with Crippen molar-refractivity contribution in [2.24, 2.45) is 0 Å². The highest BCUT2D eigenvalue weighted by Gasteiger charge is 2.49. The molecule has 4 N–H and O–H groups in total. The van der Waals surface area contributed by atoms with Gasteiger partial charge in [0, 0.05) is 54.8 Å². The number of anilines is 2. The Morgan fingerprint density at radius 1 is 1.09 bits per heavy atom. The molecule has 8 nitrogen and oxygen atoms in total. The SMILES string of the molecule is CCc1c(F)ccc2cc(O)cc(-c3cc4nc(OC[C@@]56CCCN5C[C@H](F)C6)nc(N5C[C@H]6CC[C@@H](C5)N6)c4cc3N)c12. The number of hydrogen-bond acceptors (Lipinski definition) is 8. The Bertz CT molecular complexity index is 1770. The Morgan fingerprint density at radius 2 is 1.91 bits per heavy atom. The van der Waals surface area contributed by atoms with Crippen LogP contribution in [0.5, 0.6) is 11.8 Å². The highest BCUT2D eigenvalue weighted by molar-refractivity contribution is 6.06. The number of rotatable bonds is 6. The van der Waals surface area contributed by atoms with E-state index in [1.807, 2.05) is 19.1 Å². The second kappa shape index (κ2) is 10.4. The Balaban J connectivity index is 1.27. The zero-order valence-electron chi connectivity index (χ0n) is 25.0. The number of nitrogen functional groups attached to an aromatic ring is 1. The summed E-state index contributed by atoms with van der Waals surface area (Å²) in [6.07, 6.45) is 4.30. The Hall–Kier alpha value is -3.76. The molecule has 1 aromatic heterocycles. The predicted octanol–water partition coefficient (Wildman–Crippen LogP) is 5.34. The van der Waals surface area contributed by atoms with Gasteiger partial charge in [0.2, 0.25) is 0 Å². The lowest BCUT2D eigenvalue weighted by molar-refractivity contribution is 0.107. The number of ether oxygens (including phenoxy) is 1. The van der Waals surface area contributed by atoms with Crippen molar-refractivity contribution in [1.29, 1.82) is 0 Å². The minimum atomic E-state index is -0.844. The minimum absolute atomic E-state index is 0.0763. The normalized spacial score (nSPS) is 26.6. The molecule has 4 aromatic rings. The van der Waals surface area contributed by atoms with Crippen LogP contribution in [0.15, 0.2) is 36.4 Å². The zero-order valence-corrected chi connectivity index (χ0v) is 25.0. The lowest BCUT2D eigenvalue weighted by Gasteiger charge is -2.34. The number of hydrogen-bond donors (Lipinski definition) is 3. The van der Waals surface area contributed by atoms with Crippen LogP contribution >= 0.6 is 0 Å². The van der Waals surface area contributed by atoms with Crippen LogP contribution in [0.25, 0.3) is 32.8 Å². The first kappa shape index (κ1) is 27.8. The van der Waals surface area contributed by atoms with Crippen molar-refractivity contribution >= 4 is 33.2 Å². The number of benzene rings is 3. The Labute approximate surface area is 255 Å². The maximum atomic E-state index is 15.0. The first-order valence-corrected chi connectivity index (χ1v) is 15.9. The summed E-state index contributed by atoms with van der Waals surface area (Å²) in [5, 5.41) is 16.6. The van der Waals surface area contributed by atoms with Gasteiger partial charge in [0.15, 0.2) is 0 Å². The van der Waals surface area contributed by atoms with Gasteiger partial charge in [0.25, 0.3) is 0 Å². The summed E-state index contributed by atoms with van der Waals surface area (Å²) in [5.74, 6) is 0.563. The predicted molar refractivity (Wildman–Crippen MR) is 169 cm³/mol. The van der Waals surface area contributed by atoms with Crippen molar-refractivity contribution < 1.29 is 18.6 Å². The van der Waals surface area contributed by atoms with Gasteiger partial charge in [0.05, 0.1) is 11.1 Å². The van der Waals surface area contributed by atoms with Crippen LogP contribution in [-0.2, 0) is 6.42 Å². The number of piperazine rings is 1. The highest BCUT2D eigenvalue weighted by atomic mass is 19.1. The number of phenolic OH excluding ortho intramolecular Hbond substituents is 1. The smallest absolute Gasteiger partial charge is 0.319 e. The number of nitrogens with two attached hydrogens (primary N) is 1. The molecule has 4 saturated heterocycles. The van der Waals surface area contributed by atoms with Gasteiger partial charge in [-0.1, -0.05) is 13.0 Å². The molecule has 10 heteroatoms. The van der Waals surface area contributed by atoms with E-state index in [1.54, 1.807) is 18.2 Å². The number of nitrogens with zero attached hydrogens (tertiary/aromatic N) is 4. The van der Waals surface area contributed by atoms with Crippen LogP contribution in [0.3, 0.4) is 0 Å². The van der Waals surface area contributed by atoms with Crippen molar-refractivity contribution in [2.45, 2.75) is 69.2 Å². The van der Waals surface area contributed by atoms with Crippen molar-refractivity contribution in [3.63, 3.8) is 0 Å². The first-order valence-electron chi connectivity index (χ1n) is 15.9. The van der Waals surface area contributed by atoms with E-state index < -0.39 is 6.17 Å². The van der Waals surface area contributed by atoms with Gasteiger partial charge in [-0.3, -0.25) is 4.90 Å². The van der Waals surface area contributed by atoms with Crippen molar-refractivity contribution in [3.8, 4) is 22.9 Å². The maximum absolute atomic E-state index is 15.0. The Morgan fingerprint density at radius 3 is 2.70 bits per heavy atom. The number of aryl methyl sites for hydroxylation is 1. The summed E-state index contributed by atoms with van der Waals surface area (Å²) in [7, 11) is 0. The van der Waals surface area contributed by atoms with Crippen molar-refractivity contribution in [2.75, 3.05) is 43.4 Å². The minimum Gasteiger partial charge on any atom is -0.508 e. The number of phenols is 1. The summed E-state index contributed by atoms with van der Waals surface area (Å²) in [4.78, 5) is 14.4. The third kappa shape index (κ3) is 4.53. The average molecular weight is 601 g/mol. The molecule has 4 aliphatic heterocycles. The summed E-state index contributed by atoms with van der Waals surface area (Å²) in [6.45, 7) is 5.24. The van der Waals surface area contributed by atoms with E-state index in [2.05, 4.69) is 15.1 Å². The second-order valence-electron chi connectivity index (χ2n) is 13.2. The zero-order chi connectivity index (χ0) is 30.2.